The lowest BCUT2D eigenvalue weighted by Crippen LogP contribution is -2.34. The first-order valence-electron chi connectivity index (χ1n) is 8.04. The highest BCUT2D eigenvalue weighted by Gasteiger charge is 2.28. The van der Waals surface area contributed by atoms with Gasteiger partial charge in [0.25, 0.3) is 10.1 Å². The second kappa shape index (κ2) is 7.09. The van der Waals surface area contributed by atoms with Crippen LogP contribution in [-0.2, 0) is 14.3 Å². The summed E-state index contributed by atoms with van der Waals surface area (Å²) in [6, 6.07) is 9.46. The van der Waals surface area contributed by atoms with Gasteiger partial charge in [0.05, 0.1) is 17.5 Å². The van der Waals surface area contributed by atoms with Gasteiger partial charge in [-0.3, -0.25) is 4.18 Å². The Morgan fingerprint density at radius 1 is 1.12 bits per heavy atom. The average Bonchev–Trinajstić information content (AvgIpc) is 3.01. The summed E-state index contributed by atoms with van der Waals surface area (Å²) in [4.78, 5) is 1.89. The zero-order valence-corrected chi connectivity index (χ0v) is 14.6. The van der Waals surface area contributed by atoms with Crippen LogP contribution >= 0.6 is 0 Å². The summed E-state index contributed by atoms with van der Waals surface area (Å²) in [5.74, 6) is -1.32. The van der Waals surface area contributed by atoms with Gasteiger partial charge in [0.1, 0.15) is 11.6 Å². The molecule has 2 aromatic carbocycles. The first-order valence-corrected chi connectivity index (χ1v) is 9.45. The third-order valence-corrected chi connectivity index (χ3v) is 5.58. The maximum Gasteiger partial charge on any atom is 0.297 e. The number of rotatable bonds is 5. The monoisotopic (exact) mass is 367 g/mol. The zero-order chi connectivity index (χ0) is 18.0. The lowest BCUT2D eigenvalue weighted by atomic mass is 10.2. The molecule has 1 aliphatic heterocycles. The Balaban J connectivity index is 1.72. The summed E-state index contributed by atoms with van der Waals surface area (Å²) in [7, 11) is -3.86. The molecule has 0 spiro atoms. The molecule has 0 saturated carbocycles. The molecule has 0 radical (unpaired) electrons. The van der Waals surface area contributed by atoms with E-state index in [0.717, 1.165) is 18.1 Å². The van der Waals surface area contributed by atoms with E-state index < -0.39 is 21.8 Å². The fourth-order valence-electron chi connectivity index (χ4n) is 3.00. The van der Waals surface area contributed by atoms with Crippen molar-refractivity contribution < 1.29 is 21.4 Å². The Morgan fingerprint density at radius 3 is 2.40 bits per heavy atom. The van der Waals surface area contributed by atoms with Crippen LogP contribution in [0.1, 0.15) is 18.4 Å². The Bertz CT molecular complexity index is 833. The Kier molecular flexibility index (Phi) is 5.06. The van der Waals surface area contributed by atoms with E-state index >= 15 is 0 Å². The molecule has 7 heteroatoms. The zero-order valence-electron chi connectivity index (χ0n) is 13.8. The van der Waals surface area contributed by atoms with E-state index in [1.54, 1.807) is 17.0 Å². The molecular formula is C18H19F2NO3S. The predicted octanol–water partition coefficient (Wildman–Crippen LogP) is 3.65. The van der Waals surface area contributed by atoms with Gasteiger partial charge in [0.2, 0.25) is 0 Å². The smallest absolute Gasteiger partial charge is 0.297 e. The Hall–Kier alpha value is -1.99. The summed E-state index contributed by atoms with van der Waals surface area (Å²) in [6.07, 6.45) is 1.50. The number of hydrogen-bond acceptors (Lipinski definition) is 4. The van der Waals surface area contributed by atoms with Crippen molar-refractivity contribution in [2.24, 2.45) is 0 Å². The van der Waals surface area contributed by atoms with Crippen LogP contribution in [0.25, 0.3) is 0 Å². The highest BCUT2D eigenvalue weighted by molar-refractivity contribution is 7.86. The fraction of sp³-hybridized carbons (Fsp3) is 0.333. The van der Waals surface area contributed by atoms with Gasteiger partial charge in [0, 0.05) is 18.3 Å². The van der Waals surface area contributed by atoms with Gasteiger partial charge < -0.3 is 4.90 Å². The maximum atomic E-state index is 13.4. The second-order valence-electron chi connectivity index (χ2n) is 6.17. The van der Waals surface area contributed by atoms with Crippen molar-refractivity contribution in [1.29, 1.82) is 0 Å². The van der Waals surface area contributed by atoms with Crippen molar-refractivity contribution in [3.63, 3.8) is 0 Å². The van der Waals surface area contributed by atoms with Crippen LogP contribution in [0.2, 0.25) is 0 Å². The molecular weight excluding hydrogens is 348 g/mol. The number of anilines is 1. The molecule has 1 fully saturated rings. The van der Waals surface area contributed by atoms with Gasteiger partial charge >= 0.3 is 0 Å². The number of benzene rings is 2. The largest absolute Gasteiger partial charge is 0.366 e. The Morgan fingerprint density at radius 2 is 1.76 bits per heavy atom. The molecule has 4 nitrogen and oxygen atoms in total. The first kappa shape index (κ1) is 17.8. The van der Waals surface area contributed by atoms with Crippen molar-refractivity contribution in [3.8, 4) is 0 Å². The van der Waals surface area contributed by atoms with Crippen LogP contribution in [0, 0.1) is 18.6 Å². The van der Waals surface area contributed by atoms with E-state index in [1.807, 2.05) is 6.92 Å². The third kappa shape index (κ3) is 4.16. The fourth-order valence-corrected chi connectivity index (χ4v) is 3.94. The number of aryl methyl sites for hydroxylation is 1. The molecule has 0 aromatic heterocycles. The average molecular weight is 367 g/mol. The highest BCUT2D eigenvalue weighted by Crippen LogP contribution is 2.28. The number of halogens is 2. The van der Waals surface area contributed by atoms with Crippen molar-refractivity contribution in [3.05, 3.63) is 59.7 Å². The van der Waals surface area contributed by atoms with Crippen molar-refractivity contribution in [1.82, 2.24) is 0 Å². The van der Waals surface area contributed by atoms with E-state index in [9.17, 15) is 17.2 Å². The highest BCUT2D eigenvalue weighted by atomic mass is 32.2. The molecule has 3 rings (SSSR count). The van der Waals surface area contributed by atoms with Crippen molar-refractivity contribution in [2.75, 3.05) is 18.1 Å². The number of hydrogen-bond donors (Lipinski definition) is 0. The minimum absolute atomic E-state index is 0.0612. The van der Waals surface area contributed by atoms with Crippen LogP contribution in [-0.4, -0.2) is 27.6 Å². The quantitative estimate of drug-likeness (QED) is 0.757. The Labute approximate surface area is 146 Å². The van der Waals surface area contributed by atoms with Crippen LogP contribution in [0.3, 0.4) is 0 Å². The van der Waals surface area contributed by atoms with Crippen LogP contribution in [0.15, 0.2) is 47.4 Å². The van der Waals surface area contributed by atoms with Crippen molar-refractivity contribution >= 4 is 15.8 Å². The molecule has 1 unspecified atom stereocenters. The van der Waals surface area contributed by atoms with Crippen molar-refractivity contribution in [2.45, 2.75) is 30.7 Å². The molecule has 0 bridgehead atoms. The van der Waals surface area contributed by atoms with Crippen LogP contribution in [0.4, 0.5) is 14.5 Å². The lowest BCUT2D eigenvalue weighted by Gasteiger charge is -2.26. The summed E-state index contributed by atoms with van der Waals surface area (Å²) in [5.41, 5.74) is 1.35. The van der Waals surface area contributed by atoms with Gasteiger partial charge in [-0.25, -0.2) is 8.78 Å². The summed E-state index contributed by atoms with van der Waals surface area (Å²) >= 11 is 0. The molecule has 1 heterocycles. The van der Waals surface area contributed by atoms with E-state index in [0.29, 0.717) is 18.7 Å². The van der Waals surface area contributed by atoms with E-state index in [-0.39, 0.29) is 17.5 Å². The lowest BCUT2D eigenvalue weighted by molar-refractivity contribution is 0.291. The molecule has 0 amide bonds. The first-order chi connectivity index (χ1) is 11.8. The molecule has 134 valence electrons. The molecule has 0 N–H and O–H groups in total. The SMILES string of the molecule is Cc1ccc(S(=O)(=O)OCC2CCCN2c2cc(F)cc(F)c2)cc1. The molecule has 1 aliphatic rings. The van der Waals surface area contributed by atoms with E-state index in [1.165, 1.54) is 24.3 Å². The second-order valence-corrected chi connectivity index (χ2v) is 7.78. The predicted molar refractivity (Wildman–Crippen MR) is 91.0 cm³/mol. The molecule has 1 saturated heterocycles. The molecule has 2 aromatic rings. The summed E-state index contributed by atoms with van der Waals surface area (Å²) in [5, 5.41) is 0. The normalized spacial score (nSPS) is 17.9. The van der Waals surface area contributed by atoms with Gasteiger partial charge in [-0.15, -0.1) is 0 Å². The third-order valence-electron chi connectivity index (χ3n) is 4.28. The van der Waals surface area contributed by atoms with Gasteiger partial charge in [-0.1, -0.05) is 17.7 Å². The minimum Gasteiger partial charge on any atom is -0.366 e. The van der Waals surface area contributed by atoms with Gasteiger partial charge in [0.15, 0.2) is 0 Å². The maximum absolute atomic E-state index is 13.4. The van der Waals surface area contributed by atoms with Gasteiger partial charge in [-0.05, 0) is 44.0 Å². The van der Waals surface area contributed by atoms with Crippen LogP contribution < -0.4 is 4.90 Å². The molecule has 25 heavy (non-hydrogen) atoms. The number of nitrogens with zero attached hydrogens (tertiary/aromatic N) is 1. The summed E-state index contributed by atoms with van der Waals surface area (Å²) in [6.45, 7) is 2.40. The van der Waals surface area contributed by atoms with E-state index in [2.05, 4.69) is 0 Å². The molecule has 1 atom stereocenters. The van der Waals surface area contributed by atoms with Gasteiger partial charge in [-0.2, -0.15) is 8.42 Å². The van der Waals surface area contributed by atoms with Crippen LogP contribution in [0.5, 0.6) is 0 Å². The minimum atomic E-state index is -3.86. The van der Waals surface area contributed by atoms with E-state index in [4.69, 9.17) is 4.18 Å². The topological polar surface area (TPSA) is 46.6 Å². The standard InChI is InChI=1S/C18H19F2NO3S/c1-13-4-6-18(7-5-13)25(22,23)24-12-16-3-2-8-21(16)17-10-14(19)9-15(20)11-17/h4-7,9-11,16H,2-3,8,12H2,1H3. The summed E-state index contributed by atoms with van der Waals surface area (Å²) < 4.78 is 56.7. The molecule has 0 aliphatic carbocycles.